The van der Waals surface area contributed by atoms with Crippen molar-refractivity contribution in [2.24, 2.45) is 0 Å². The van der Waals surface area contributed by atoms with E-state index in [4.69, 9.17) is 0 Å². The van der Waals surface area contributed by atoms with Crippen molar-refractivity contribution < 1.29 is 4.39 Å². The van der Waals surface area contributed by atoms with Crippen LogP contribution in [0.3, 0.4) is 0 Å². The summed E-state index contributed by atoms with van der Waals surface area (Å²) in [4.78, 5) is 6.58. The molecular weight excluding hydrogens is 265 g/mol. The molecule has 1 aliphatic heterocycles. The molecule has 1 saturated carbocycles. The van der Waals surface area contributed by atoms with Crippen molar-refractivity contribution in [3.63, 3.8) is 0 Å². The van der Waals surface area contributed by atoms with E-state index in [2.05, 4.69) is 33.4 Å². The second-order valence-corrected chi connectivity index (χ2v) is 5.82. The number of halogens is 1. The summed E-state index contributed by atoms with van der Waals surface area (Å²) in [6.07, 6.45) is 4.79. The number of para-hydroxylation sites is 1. The standard InChI is InChI=1S/C17H18FN3/c18-14-9-13(10-19-15-5-6-15)17(20-11-14)21-8-7-12-3-1-2-4-16(12)21/h1-4,9,11,15,19H,5-8,10H2. The molecular formula is C17H18FN3. The number of aromatic nitrogens is 1. The summed E-state index contributed by atoms with van der Waals surface area (Å²) in [5.74, 6) is 0.619. The molecule has 3 nitrogen and oxygen atoms in total. The van der Waals surface area contributed by atoms with Crippen LogP contribution in [0, 0.1) is 5.82 Å². The molecule has 0 unspecified atom stereocenters. The molecule has 1 aromatic heterocycles. The van der Waals surface area contributed by atoms with Crippen LogP contribution in [0.2, 0.25) is 0 Å². The molecule has 0 amide bonds. The van der Waals surface area contributed by atoms with E-state index in [1.165, 1.54) is 30.3 Å². The van der Waals surface area contributed by atoms with Crippen LogP contribution in [0.4, 0.5) is 15.9 Å². The van der Waals surface area contributed by atoms with Gasteiger partial charge in [0.2, 0.25) is 0 Å². The maximum atomic E-state index is 13.6. The van der Waals surface area contributed by atoms with Crippen LogP contribution >= 0.6 is 0 Å². The first-order valence-corrected chi connectivity index (χ1v) is 7.54. The predicted octanol–water partition coefficient (Wildman–Crippen LogP) is 3.17. The zero-order valence-electron chi connectivity index (χ0n) is 11.8. The number of benzene rings is 1. The third-order valence-corrected chi connectivity index (χ3v) is 4.21. The van der Waals surface area contributed by atoms with Gasteiger partial charge in [-0.05, 0) is 37.0 Å². The highest BCUT2D eigenvalue weighted by Gasteiger charge is 2.25. The van der Waals surface area contributed by atoms with E-state index in [-0.39, 0.29) is 5.82 Å². The third-order valence-electron chi connectivity index (χ3n) is 4.21. The Morgan fingerprint density at radius 3 is 3.00 bits per heavy atom. The van der Waals surface area contributed by atoms with Crippen LogP contribution in [-0.2, 0) is 13.0 Å². The Kier molecular flexibility index (Phi) is 3.11. The van der Waals surface area contributed by atoms with Gasteiger partial charge in [0.25, 0.3) is 0 Å². The first-order chi connectivity index (χ1) is 10.3. The van der Waals surface area contributed by atoms with Crippen LogP contribution in [0.5, 0.6) is 0 Å². The maximum Gasteiger partial charge on any atom is 0.141 e. The zero-order chi connectivity index (χ0) is 14.2. The highest BCUT2D eigenvalue weighted by Crippen LogP contribution is 2.35. The second-order valence-electron chi connectivity index (χ2n) is 5.82. The van der Waals surface area contributed by atoms with E-state index in [1.807, 2.05) is 6.07 Å². The van der Waals surface area contributed by atoms with Crippen LogP contribution in [0.15, 0.2) is 36.5 Å². The van der Waals surface area contributed by atoms with Crippen molar-refractivity contribution in [3.05, 3.63) is 53.5 Å². The van der Waals surface area contributed by atoms with Crippen molar-refractivity contribution in [3.8, 4) is 0 Å². The van der Waals surface area contributed by atoms with Gasteiger partial charge in [-0.1, -0.05) is 18.2 Å². The fraction of sp³-hybridized carbons (Fsp3) is 0.353. The maximum absolute atomic E-state index is 13.6. The summed E-state index contributed by atoms with van der Waals surface area (Å²) in [6, 6.07) is 10.6. The fourth-order valence-corrected chi connectivity index (χ4v) is 2.95. The molecule has 0 saturated heterocycles. The van der Waals surface area contributed by atoms with E-state index in [1.54, 1.807) is 6.07 Å². The van der Waals surface area contributed by atoms with Gasteiger partial charge < -0.3 is 10.2 Å². The van der Waals surface area contributed by atoms with E-state index < -0.39 is 0 Å². The lowest BCUT2D eigenvalue weighted by molar-refractivity contribution is 0.611. The minimum absolute atomic E-state index is 0.265. The highest BCUT2D eigenvalue weighted by molar-refractivity contribution is 5.69. The Balaban J connectivity index is 1.67. The monoisotopic (exact) mass is 283 g/mol. The van der Waals surface area contributed by atoms with Crippen LogP contribution in [0.1, 0.15) is 24.0 Å². The van der Waals surface area contributed by atoms with Gasteiger partial charge >= 0.3 is 0 Å². The van der Waals surface area contributed by atoms with Crippen LogP contribution in [0.25, 0.3) is 0 Å². The smallest absolute Gasteiger partial charge is 0.141 e. The van der Waals surface area contributed by atoms with E-state index >= 15 is 0 Å². The molecule has 4 heteroatoms. The Hall–Kier alpha value is -1.94. The largest absolute Gasteiger partial charge is 0.326 e. The SMILES string of the molecule is Fc1cnc(N2CCc3ccccc32)c(CNC2CC2)c1. The number of nitrogens with one attached hydrogen (secondary N) is 1. The van der Waals surface area contributed by atoms with E-state index in [0.717, 1.165) is 24.3 Å². The Morgan fingerprint density at radius 2 is 2.14 bits per heavy atom. The molecule has 0 radical (unpaired) electrons. The fourth-order valence-electron chi connectivity index (χ4n) is 2.95. The van der Waals surface area contributed by atoms with Gasteiger partial charge in [-0.15, -0.1) is 0 Å². The number of anilines is 2. The minimum Gasteiger partial charge on any atom is -0.326 e. The molecule has 1 N–H and O–H groups in total. The molecule has 21 heavy (non-hydrogen) atoms. The van der Waals surface area contributed by atoms with Crippen molar-refractivity contribution in [2.45, 2.75) is 31.8 Å². The Labute approximate surface area is 123 Å². The highest BCUT2D eigenvalue weighted by atomic mass is 19.1. The van der Waals surface area contributed by atoms with Gasteiger partial charge in [-0.2, -0.15) is 0 Å². The number of pyridine rings is 1. The molecule has 0 bridgehead atoms. The van der Waals surface area contributed by atoms with Crippen molar-refractivity contribution >= 4 is 11.5 Å². The van der Waals surface area contributed by atoms with Crippen molar-refractivity contribution in [1.29, 1.82) is 0 Å². The van der Waals surface area contributed by atoms with Gasteiger partial charge in [0.05, 0.1) is 6.20 Å². The third kappa shape index (κ3) is 2.51. The molecule has 2 aliphatic rings. The van der Waals surface area contributed by atoms with Crippen LogP contribution < -0.4 is 10.2 Å². The van der Waals surface area contributed by atoms with Crippen molar-refractivity contribution in [2.75, 3.05) is 11.4 Å². The summed E-state index contributed by atoms with van der Waals surface area (Å²) >= 11 is 0. The first-order valence-electron chi connectivity index (χ1n) is 7.54. The Morgan fingerprint density at radius 1 is 1.29 bits per heavy atom. The number of hydrogen-bond donors (Lipinski definition) is 1. The van der Waals surface area contributed by atoms with E-state index in [9.17, 15) is 4.39 Å². The van der Waals surface area contributed by atoms with Crippen molar-refractivity contribution in [1.82, 2.24) is 10.3 Å². The lowest BCUT2D eigenvalue weighted by Crippen LogP contribution is -2.21. The molecule has 108 valence electrons. The summed E-state index contributed by atoms with van der Waals surface area (Å²) in [6.45, 7) is 1.60. The van der Waals surface area contributed by atoms with Gasteiger partial charge in [-0.25, -0.2) is 9.37 Å². The summed E-state index contributed by atoms with van der Waals surface area (Å²) in [5, 5.41) is 3.45. The van der Waals surface area contributed by atoms with Gasteiger partial charge in [0.15, 0.2) is 0 Å². The van der Waals surface area contributed by atoms with E-state index in [0.29, 0.717) is 12.6 Å². The average Bonchev–Trinajstić information content (AvgIpc) is 3.24. The normalized spacial score (nSPS) is 17.1. The number of hydrogen-bond acceptors (Lipinski definition) is 3. The Bertz CT molecular complexity index is 667. The lowest BCUT2D eigenvalue weighted by atomic mass is 10.2. The van der Waals surface area contributed by atoms with Gasteiger partial charge in [0, 0.05) is 30.4 Å². The molecule has 0 atom stereocenters. The summed E-state index contributed by atoms with van der Waals surface area (Å²) in [5.41, 5.74) is 3.48. The number of fused-ring (bicyclic) bond motifs is 1. The quantitative estimate of drug-likeness (QED) is 0.934. The van der Waals surface area contributed by atoms with Gasteiger partial charge in [-0.3, -0.25) is 0 Å². The molecule has 1 aliphatic carbocycles. The number of rotatable bonds is 4. The molecule has 4 rings (SSSR count). The molecule has 2 aromatic rings. The van der Waals surface area contributed by atoms with Gasteiger partial charge in [0.1, 0.15) is 11.6 Å². The average molecular weight is 283 g/mol. The first kappa shape index (κ1) is 12.8. The molecule has 1 aromatic carbocycles. The zero-order valence-corrected chi connectivity index (χ0v) is 11.8. The molecule has 2 heterocycles. The topological polar surface area (TPSA) is 28.2 Å². The van der Waals surface area contributed by atoms with Crippen LogP contribution in [-0.4, -0.2) is 17.6 Å². The molecule has 1 fully saturated rings. The second kappa shape index (κ2) is 5.11. The predicted molar refractivity (Wildman–Crippen MR) is 81.2 cm³/mol. The molecule has 0 spiro atoms. The summed E-state index contributed by atoms with van der Waals surface area (Å²) < 4.78 is 13.6. The minimum atomic E-state index is -0.265. The lowest BCUT2D eigenvalue weighted by Gasteiger charge is -2.21. The number of nitrogens with zero attached hydrogens (tertiary/aromatic N) is 2. The summed E-state index contributed by atoms with van der Waals surface area (Å²) in [7, 11) is 0.